The van der Waals surface area contributed by atoms with E-state index in [0.29, 0.717) is 37.8 Å². The molecule has 4 rings (SSSR count). The van der Waals surface area contributed by atoms with Crippen molar-refractivity contribution in [3.63, 3.8) is 0 Å². The zero-order valence-electron chi connectivity index (χ0n) is 20.2. The summed E-state index contributed by atoms with van der Waals surface area (Å²) in [7, 11) is 1.60. The van der Waals surface area contributed by atoms with Gasteiger partial charge in [0.15, 0.2) is 23.1 Å². The molecule has 0 radical (unpaired) electrons. The Morgan fingerprint density at radius 2 is 2.00 bits per heavy atom. The fraction of sp³-hybridized carbons (Fsp3) is 0.423. The van der Waals surface area contributed by atoms with Gasteiger partial charge in [-0.15, -0.1) is 0 Å². The van der Waals surface area contributed by atoms with Crippen LogP contribution in [0.2, 0.25) is 0 Å². The first-order chi connectivity index (χ1) is 17.4. The molecule has 1 aliphatic rings. The number of aliphatic hydroxyl groups is 1. The molecule has 3 aromatic rings. The number of hydrogen-bond donors (Lipinski definition) is 1. The number of imidazole rings is 1. The molecule has 2 aromatic carbocycles. The molecular weight excluding hydrogens is 472 g/mol. The highest BCUT2D eigenvalue weighted by atomic mass is 19.2. The standard InChI is InChI=1S/C26H31F2N3O5/c1-33-24-6-3-20(13-25(24)35-11-2-8-30-9-7-29-19-30)15-31-10-12-34-17-26(32,16-31)18-36-21-4-5-22(27)23(28)14-21/h3-7,9,13-14,19,32H,2,8,10-12,15-18H2,1H3/t26-/m0/s1. The van der Waals surface area contributed by atoms with Crippen LogP contribution in [-0.4, -0.2) is 71.8 Å². The van der Waals surface area contributed by atoms with Gasteiger partial charge in [0.2, 0.25) is 0 Å². The second-order valence-electron chi connectivity index (χ2n) is 8.84. The minimum atomic E-state index is -1.32. The van der Waals surface area contributed by atoms with E-state index in [0.717, 1.165) is 30.7 Å². The van der Waals surface area contributed by atoms with Gasteiger partial charge in [-0.25, -0.2) is 13.8 Å². The fourth-order valence-electron chi connectivity index (χ4n) is 4.04. The smallest absolute Gasteiger partial charge is 0.162 e. The molecule has 1 aliphatic heterocycles. The molecule has 0 spiro atoms. The summed E-state index contributed by atoms with van der Waals surface area (Å²) in [6.45, 7) is 3.17. The van der Waals surface area contributed by atoms with E-state index >= 15 is 0 Å². The first-order valence-electron chi connectivity index (χ1n) is 11.8. The summed E-state index contributed by atoms with van der Waals surface area (Å²) >= 11 is 0. The third kappa shape index (κ3) is 7.16. The van der Waals surface area contributed by atoms with E-state index in [-0.39, 0.29) is 25.5 Å². The molecular formula is C26H31F2N3O5. The molecule has 0 aliphatic carbocycles. The zero-order chi connectivity index (χ0) is 25.4. The highest BCUT2D eigenvalue weighted by molar-refractivity contribution is 5.43. The second-order valence-corrected chi connectivity index (χ2v) is 8.84. The average molecular weight is 504 g/mol. The maximum absolute atomic E-state index is 13.5. The molecule has 0 saturated carbocycles. The SMILES string of the molecule is COc1ccc(CN2CCOC[C@](O)(COc3ccc(F)c(F)c3)C2)cc1OCCCn1ccnc1. The van der Waals surface area contributed by atoms with Gasteiger partial charge in [-0.05, 0) is 36.2 Å². The lowest BCUT2D eigenvalue weighted by Gasteiger charge is -2.30. The summed E-state index contributed by atoms with van der Waals surface area (Å²) in [4.78, 5) is 6.10. The highest BCUT2D eigenvalue weighted by Crippen LogP contribution is 2.29. The molecule has 1 aromatic heterocycles. The van der Waals surface area contributed by atoms with Crippen LogP contribution in [0.5, 0.6) is 17.2 Å². The van der Waals surface area contributed by atoms with Crippen LogP contribution in [0, 0.1) is 11.6 Å². The minimum Gasteiger partial charge on any atom is -0.493 e. The number of aromatic nitrogens is 2. The van der Waals surface area contributed by atoms with E-state index in [9.17, 15) is 13.9 Å². The van der Waals surface area contributed by atoms with Crippen molar-refractivity contribution in [3.8, 4) is 17.2 Å². The normalized spacial score (nSPS) is 18.6. The highest BCUT2D eigenvalue weighted by Gasteiger charge is 2.33. The molecule has 1 N–H and O–H groups in total. The number of aryl methyl sites for hydroxylation is 1. The number of methoxy groups -OCH3 is 1. The monoisotopic (exact) mass is 503 g/mol. The van der Waals surface area contributed by atoms with Crippen molar-refractivity contribution in [1.82, 2.24) is 14.5 Å². The van der Waals surface area contributed by atoms with E-state index in [1.165, 1.54) is 6.07 Å². The summed E-state index contributed by atoms with van der Waals surface area (Å²) in [6, 6.07) is 9.05. The van der Waals surface area contributed by atoms with Crippen LogP contribution >= 0.6 is 0 Å². The van der Waals surface area contributed by atoms with Crippen LogP contribution in [0.1, 0.15) is 12.0 Å². The van der Waals surface area contributed by atoms with Crippen molar-refractivity contribution in [2.24, 2.45) is 0 Å². The molecule has 1 fully saturated rings. The Morgan fingerprint density at radius 1 is 1.11 bits per heavy atom. The summed E-state index contributed by atoms with van der Waals surface area (Å²) in [5.74, 6) is -0.507. The van der Waals surface area contributed by atoms with Crippen LogP contribution in [-0.2, 0) is 17.8 Å². The van der Waals surface area contributed by atoms with Gasteiger partial charge in [0.05, 0.1) is 33.3 Å². The van der Waals surface area contributed by atoms with Crippen molar-refractivity contribution in [3.05, 3.63) is 72.3 Å². The molecule has 194 valence electrons. The van der Waals surface area contributed by atoms with E-state index in [1.54, 1.807) is 19.6 Å². The molecule has 36 heavy (non-hydrogen) atoms. The van der Waals surface area contributed by atoms with Gasteiger partial charge in [0.1, 0.15) is 18.0 Å². The number of rotatable bonds is 11. The fourth-order valence-corrected chi connectivity index (χ4v) is 4.04. The summed E-state index contributed by atoms with van der Waals surface area (Å²) < 4.78 is 51.3. The Kier molecular flexibility index (Phi) is 8.74. The van der Waals surface area contributed by atoms with Crippen LogP contribution < -0.4 is 14.2 Å². The van der Waals surface area contributed by atoms with E-state index in [1.807, 2.05) is 29.0 Å². The Balaban J connectivity index is 1.35. The Bertz CT molecular complexity index is 1110. The number of halogens is 2. The number of β-amino-alcohol motifs (C(OH)–C–C–N with tert-alkyl or cyclic N) is 1. The van der Waals surface area contributed by atoms with E-state index in [2.05, 4.69) is 9.88 Å². The lowest BCUT2D eigenvalue weighted by Crippen LogP contribution is -2.48. The summed E-state index contributed by atoms with van der Waals surface area (Å²) in [5, 5.41) is 11.1. The van der Waals surface area contributed by atoms with Gasteiger partial charge < -0.3 is 28.6 Å². The van der Waals surface area contributed by atoms with Crippen LogP contribution in [0.25, 0.3) is 0 Å². The van der Waals surface area contributed by atoms with Crippen LogP contribution in [0.3, 0.4) is 0 Å². The van der Waals surface area contributed by atoms with E-state index in [4.69, 9.17) is 18.9 Å². The van der Waals surface area contributed by atoms with Gasteiger partial charge in [-0.2, -0.15) is 0 Å². The van der Waals surface area contributed by atoms with Gasteiger partial charge in [0.25, 0.3) is 0 Å². The summed E-state index contributed by atoms with van der Waals surface area (Å²) in [6.07, 6.45) is 6.25. The third-order valence-corrected chi connectivity index (χ3v) is 5.85. The number of benzene rings is 2. The van der Waals surface area contributed by atoms with Crippen LogP contribution in [0.15, 0.2) is 55.1 Å². The summed E-state index contributed by atoms with van der Waals surface area (Å²) in [5.41, 5.74) is -0.327. The van der Waals surface area contributed by atoms with Gasteiger partial charge in [-0.3, -0.25) is 4.90 Å². The maximum atomic E-state index is 13.5. The van der Waals surface area contributed by atoms with Gasteiger partial charge in [-0.1, -0.05) is 6.07 Å². The maximum Gasteiger partial charge on any atom is 0.162 e. The van der Waals surface area contributed by atoms with Gasteiger partial charge in [0, 0.05) is 44.6 Å². The predicted octanol–water partition coefficient (Wildman–Crippen LogP) is 3.28. The minimum absolute atomic E-state index is 0.0705. The van der Waals surface area contributed by atoms with Crippen molar-refractivity contribution in [1.29, 1.82) is 0 Å². The first kappa shape index (κ1) is 25.9. The zero-order valence-corrected chi connectivity index (χ0v) is 20.2. The van der Waals surface area contributed by atoms with Gasteiger partial charge >= 0.3 is 0 Å². The molecule has 10 heteroatoms. The predicted molar refractivity (Wildman–Crippen MR) is 128 cm³/mol. The number of hydrogen-bond acceptors (Lipinski definition) is 7. The van der Waals surface area contributed by atoms with Crippen molar-refractivity contribution in [2.45, 2.75) is 25.1 Å². The topological polar surface area (TPSA) is 78.2 Å². The van der Waals surface area contributed by atoms with Crippen LogP contribution in [0.4, 0.5) is 8.78 Å². The Morgan fingerprint density at radius 3 is 2.78 bits per heavy atom. The molecule has 0 unspecified atom stereocenters. The lowest BCUT2D eigenvalue weighted by atomic mass is 10.1. The molecule has 8 nitrogen and oxygen atoms in total. The lowest BCUT2D eigenvalue weighted by molar-refractivity contribution is -0.0647. The number of ether oxygens (including phenoxy) is 4. The molecule has 1 saturated heterocycles. The Labute approximate surface area is 209 Å². The molecule has 0 amide bonds. The van der Waals surface area contributed by atoms with Crippen molar-refractivity contribution < 1.29 is 32.8 Å². The average Bonchev–Trinajstić information content (AvgIpc) is 3.32. The van der Waals surface area contributed by atoms with E-state index < -0.39 is 17.2 Å². The molecule has 1 atom stereocenters. The second kappa shape index (κ2) is 12.2. The first-order valence-corrected chi connectivity index (χ1v) is 11.8. The largest absolute Gasteiger partial charge is 0.493 e. The van der Waals surface area contributed by atoms with Crippen molar-refractivity contribution in [2.75, 3.05) is 46.6 Å². The molecule has 2 heterocycles. The Hall–Kier alpha value is -3.21. The van der Waals surface area contributed by atoms with Crippen molar-refractivity contribution >= 4 is 0 Å². The number of nitrogens with zero attached hydrogens (tertiary/aromatic N) is 3. The quantitative estimate of drug-likeness (QED) is 0.403. The third-order valence-electron chi connectivity index (χ3n) is 5.85. The molecule has 0 bridgehead atoms.